The zero-order valence-electron chi connectivity index (χ0n) is 19.1. The Bertz CT molecular complexity index is 1170. The van der Waals surface area contributed by atoms with Gasteiger partial charge in [-0.1, -0.05) is 0 Å². The van der Waals surface area contributed by atoms with Crippen molar-refractivity contribution in [2.75, 3.05) is 11.9 Å². The van der Waals surface area contributed by atoms with Gasteiger partial charge in [0, 0.05) is 54.4 Å². The highest BCUT2D eigenvalue weighted by Crippen LogP contribution is 2.34. The van der Waals surface area contributed by atoms with Crippen LogP contribution in [-0.4, -0.2) is 44.0 Å². The molecule has 7 heteroatoms. The van der Waals surface area contributed by atoms with Crippen LogP contribution >= 0.6 is 0 Å². The minimum absolute atomic E-state index is 0.0214. The summed E-state index contributed by atoms with van der Waals surface area (Å²) in [6.45, 7) is 8.94. The summed E-state index contributed by atoms with van der Waals surface area (Å²) in [4.78, 5) is 14.3. The molecule has 2 N–H and O–H groups in total. The van der Waals surface area contributed by atoms with Gasteiger partial charge in [-0.25, -0.2) is 0 Å². The first-order chi connectivity index (χ1) is 14.5. The third-order valence-corrected chi connectivity index (χ3v) is 6.21. The van der Waals surface area contributed by atoms with Gasteiger partial charge in [-0.05, 0) is 64.8 Å². The highest BCUT2D eigenvalue weighted by Gasteiger charge is 2.39. The SMILES string of the molecule is CN(c1ccc(-c2cc3c(cc2O)c(=O)ccn3C)nn1)C1CC(C)(C)NC(C)(C)C1. The third kappa shape index (κ3) is 4.14. The fourth-order valence-electron chi connectivity index (χ4n) is 5.01. The van der Waals surface area contributed by atoms with Gasteiger partial charge < -0.3 is 19.9 Å². The van der Waals surface area contributed by atoms with Crippen LogP contribution < -0.4 is 15.6 Å². The summed E-state index contributed by atoms with van der Waals surface area (Å²) in [6.07, 6.45) is 3.74. The lowest BCUT2D eigenvalue weighted by molar-refractivity contribution is 0.160. The van der Waals surface area contributed by atoms with Crippen LogP contribution in [0.25, 0.3) is 22.2 Å². The zero-order chi connectivity index (χ0) is 22.6. The minimum Gasteiger partial charge on any atom is -0.507 e. The van der Waals surface area contributed by atoms with E-state index in [4.69, 9.17) is 0 Å². The number of anilines is 1. The predicted molar refractivity (Wildman–Crippen MR) is 125 cm³/mol. The number of nitrogens with zero attached hydrogens (tertiary/aromatic N) is 4. The van der Waals surface area contributed by atoms with Gasteiger partial charge >= 0.3 is 0 Å². The Kier molecular flexibility index (Phi) is 5.04. The first-order valence-corrected chi connectivity index (χ1v) is 10.6. The molecule has 3 aromatic rings. The summed E-state index contributed by atoms with van der Waals surface area (Å²) in [5, 5.41) is 23.6. The number of aryl methyl sites for hydroxylation is 1. The minimum atomic E-state index is -0.120. The smallest absolute Gasteiger partial charge is 0.189 e. The summed E-state index contributed by atoms with van der Waals surface area (Å²) in [5.41, 5.74) is 1.83. The van der Waals surface area contributed by atoms with Crippen molar-refractivity contribution >= 4 is 16.7 Å². The van der Waals surface area contributed by atoms with E-state index in [0.29, 0.717) is 22.7 Å². The highest BCUT2D eigenvalue weighted by atomic mass is 16.3. The largest absolute Gasteiger partial charge is 0.507 e. The summed E-state index contributed by atoms with van der Waals surface area (Å²) in [5.74, 6) is 0.822. The Balaban J connectivity index is 1.65. The average molecular weight is 422 g/mol. The molecule has 3 heterocycles. The number of rotatable bonds is 3. The molecule has 0 amide bonds. The van der Waals surface area contributed by atoms with Crippen molar-refractivity contribution < 1.29 is 5.11 Å². The summed E-state index contributed by atoms with van der Waals surface area (Å²) in [7, 11) is 3.93. The molecule has 0 radical (unpaired) electrons. The van der Waals surface area contributed by atoms with E-state index in [0.717, 1.165) is 24.2 Å². The lowest BCUT2D eigenvalue weighted by Crippen LogP contribution is -2.62. The van der Waals surface area contributed by atoms with Crippen molar-refractivity contribution in [3.63, 3.8) is 0 Å². The average Bonchev–Trinajstić information content (AvgIpc) is 2.68. The molecule has 4 rings (SSSR count). The van der Waals surface area contributed by atoms with Crippen molar-refractivity contribution in [2.24, 2.45) is 7.05 Å². The second-order valence-electron chi connectivity index (χ2n) is 10.0. The van der Waals surface area contributed by atoms with E-state index in [-0.39, 0.29) is 22.3 Å². The van der Waals surface area contributed by atoms with Gasteiger partial charge in [0.1, 0.15) is 5.75 Å². The standard InChI is InChI=1S/C24H31N5O2/c1-23(2)13-15(14-24(3,4)27-23)29(6)22-8-7-18(25-26-22)16-11-19-17(12-21(16)31)20(30)9-10-28(19)5/h7-12,15,27,31H,13-14H2,1-6H3. The maximum Gasteiger partial charge on any atom is 0.189 e. The summed E-state index contributed by atoms with van der Waals surface area (Å²) < 4.78 is 1.86. The Morgan fingerprint density at radius 2 is 1.77 bits per heavy atom. The topological polar surface area (TPSA) is 83.3 Å². The van der Waals surface area contributed by atoms with Gasteiger partial charge in [-0.2, -0.15) is 0 Å². The first-order valence-electron chi connectivity index (χ1n) is 10.6. The van der Waals surface area contributed by atoms with E-state index < -0.39 is 0 Å². The number of phenols is 1. The van der Waals surface area contributed by atoms with Crippen LogP contribution in [0.15, 0.2) is 41.3 Å². The molecule has 164 valence electrons. The number of pyridine rings is 1. The second kappa shape index (κ2) is 7.34. The quantitative estimate of drug-likeness (QED) is 0.674. The highest BCUT2D eigenvalue weighted by molar-refractivity contribution is 5.87. The molecule has 1 aliphatic rings. The third-order valence-electron chi connectivity index (χ3n) is 6.21. The van der Waals surface area contributed by atoms with Crippen LogP contribution in [0.2, 0.25) is 0 Å². The Morgan fingerprint density at radius 3 is 2.39 bits per heavy atom. The van der Waals surface area contributed by atoms with Gasteiger partial charge in [0.2, 0.25) is 0 Å². The van der Waals surface area contributed by atoms with Crippen LogP contribution in [0, 0.1) is 0 Å². The van der Waals surface area contributed by atoms with Crippen molar-refractivity contribution in [3.05, 3.63) is 46.8 Å². The molecule has 0 unspecified atom stereocenters. The lowest BCUT2D eigenvalue weighted by atomic mass is 9.79. The molecule has 7 nitrogen and oxygen atoms in total. The number of hydrogen-bond donors (Lipinski definition) is 2. The molecule has 0 bridgehead atoms. The molecule has 2 aromatic heterocycles. The van der Waals surface area contributed by atoms with E-state index in [1.165, 1.54) is 12.1 Å². The molecule has 0 saturated carbocycles. The number of aromatic nitrogens is 3. The maximum absolute atomic E-state index is 12.1. The van der Waals surface area contributed by atoms with Crippen LogP contribution in [0.5, 0.6) is 5.75 Å². The number of nitrogens with one attached hydrogen (secondary N) is 1. The number of piperidine rings is 1. The number of benzene rings is 1. The van der Waals surface area contributed by atoms with Gasteiger partial charge in [0.15, 0.2) is 11.2 Å². The molecule has 1 saturated heterocycles. The van der Waals surface area contributed by atoms with E-state index in [1.807, 2.05) is 23.7 Å². The van der Waals surface area contributed by atoms with Crippen molar-refractivity contribution in [1.29, 1.82) is 0 Å². The molecule has 31 heavy (non-hydrogen) atoms. The van der Waals surface area contributed by atoms with Gasteiger partial charge in [-0.15, -0.1) is 10.2 Å². The predicted octanol–water partition coefficient (Wildman–Crippen LogP) is 3.45. The van der Waals surface area contributed by atoms with Crippen LogP contribution in [-0.2, 0) is 7.05 Å². The maximum atomic E-state index is 12.1. The Morgan fingerprint density at radius 1 is 1.10 bits per heavy atom. The van der Waals surface area contributed by atoms with E-state index in [9.17, 15) is 9.90 Å². The fraction of sp³-hybridized carbons (Fsp3) is 0.458. The fourth-order valence-corrected chi connectivity index (χ4v) is 5.01. The number of fused-ring (bicyclic) bond motifs is 1. The molecule has 0 spiro atoms. The number of hydrogen-bond acceptors (Lipinski definition) is 6. The van der Waals surface area contributed by atoms with Crippen LogP contribution in [0.3, 0.4) is 0 Å². The molecule has 1 aromatic carbocycles. The van der Waals surface area contributed by atoms with E-state index in [1.54, 1.807) is 12.3 Å². The molecular weight excluding hydrogens is 390 g/mol. The summed E-state index contributed by atoms with van der Waals surface area (Å²) >= 11 is 0. The summed E-state index contributed by atoms with van der Waals surface area (Å²) in [6, 6.07) is 8.95. The van der Waals surface area contributed by atoms with Gasteiger partial charge in [0.05, 0.1) is 11.2 Å². The first kappa shape index (κ1) is 21.3. The normalized spacial score (nSPS) is 18.3. The number of phenolic OH excluding ortho intramolecular Hbond substituents is 1. The monoisotopic (exact) mass is 421 g/mol. The van der Waals surface area contributed by atoms with Crippen LogP contribution in [0.1, 0.15) is 40.5 Å². The molecule has 0 atom stereocenters. The Hall–Kier alpha value is -2.93. The van der Waals surface area contributed by atoms with Gasteiger partial charge in [0.25, 0.3) is 0 Å². The van der Waals surface area contributed by atoms with Crippen LogP contribution in [0.4, 0.5) is 5.82 Å². The lowest BCUT2D eigenvalue weighted by Gasteiger charge is -2.49. The van der Waals surface area contributed by atoms with Crippen molar-refractivity contribution in [3.8, 4) is 17.0 Å². The second-order valence-corrected chi connectivity index (χ2v) is 10.0. The van der Waals surface area contributed by atoms with E-state index in [2.05, 4.69) is 55.2 Å². The molecule has 0 aliphatic carbocycles. The van der Waals surface area contributed by atoms with E-state index >= 15 is 0 Å². The molecular formula is C24H31N5O2. The molecule has 1 aliphatic heterocycles. The van der Waals surface area contributed by atoms with Gasteiger partial charge in [-0.3, -0.25) is 4.79 Å². The van der Waals surface area contributed by atoms with Crippen molar-refractivity contribution in [1.82, 2.24) is 20.1 Å². The number of aromatic hydroxyl groups is 1. The Labute approximate surface area is 182 Å². The van der Waals surface area contributed by atoms with Crippen molar-refractivity contribution in [2.45, 2.75) is 57.7 Å². The molecule has 1 fully saturated rings. The zero-order valence-corrected chi connectivity index (χ0v) is 19.1.